The van der Waals surface area contributed by atoms with E-state index in [1.165, 1.54) is 12.3 Å². The second kappa shape index (κ2) is 4.99. The van der Waals surface area contributed by atoms with Gasteiger partial charge in [0.1, 0.15) is 12.3 Å². The van der Waals surface area contributed by atoms with Gasteiger partial charge >= 0.3 is 6.09 Å². The van der Waals surface area contributed by atoms with Crippen molar-refractivity contribution in [2.75, 3.05) is 18.1 Å². The van der Waals surface area contributed by atoms with Gasteiger partial charge in [-0.2, -0.15) is 0 Å². The van der Waals surface area contributed by atoms with Crippen LogP contribution >= 0.6 is 0 Å². The number of rotatable bonds is 1. The Bertz CT molecular complexity index is 551. The van der Waals surface area contributed by atoms with Gasteiger partial charge in [-0.3, -0.25) is 9.69 Å². The molecule has 0 spiro atoms. The van der Waals surface area contributed by atoms with Crippen LogP contribution < -0.4 is 15.0 Å². The standard InChI is InChI=1S/C13H17N3O4/c1-13(2,3)15-10(17)8-6-9-11(14-7-8)20-5-4-16(9)12(18)19/h6-7H,4-5H2,1-3H3,(H,15,17)(H,18,19). The van der Waals surface area contributed by atoms with E-state index in [1.54, 1.807) is 0 Å². The average molecular weight is 279 g/mol. The molecule has 108 valence electrons. The zero-order valence-electron chi connectivity index (χ0n) is 11.6. The molecule has 1 aromatic heterocycles. The lowest BCUT2D eigenvalue weighted by Crippen LogP contribution is -2.41. The lowest BCUT2D eigenvalue weighted by molar-refractivity contribution is 0.0919. The van der Waals surface area contributed by atoms with Crippen molar-refractivity contribution in [3.05, 3.63) is 17.8 Å². The Hall–Kier alpha value is -2.31. The van der Waals surface area contributed by atoms with Crippen LogP contribution in [0.15, 0.2) is 12.3 Å². The van der Waals surface area contributed by atoms with Crippen LogP contribution in [0.2, 0.25) is 0 Å². The molecule has 7 heteroatoms. The van der Waals surface area contributed by atoms with Crippen LogP contribution in [0, 0.1) is 0 Å². The summed E-state index contributed by atoms with van der Waals surface area (Å²) in [6.45, 7) is 6.06. The Balaban J connectivity index is 2.32. The summed E-state index contributed by atoms with van der Waals surface area (Å²) in [7, 11) is 0. The molecule has 2 rings (SSSR count). The fourth-order valence-electron chi connectivity index (χ4n) is 1.83. The summed E-state index contributed by atoms with van der Waals surface area (Å²) in [5.41, 5.74) is 0.219. The third-order valence-corrected chi connectivity index (χ3v) is 2.66. The molecule has 1 aliphatic rings. The molecule has 2 amide bonds. The summed E-state index contributed by atoms with van der Waals surface area (Å²) in [6, 6.07) is 1.48. The highest BCUT2D eigenvalue weighted by atomic mass is 16.5. The minimum absolute atomic E-state index is 0.217. The number of carboxylic acid groups (broad SMARTS) is 1. The first-order valence-electron chi connectivity index (χ1n) is 6.24. The molecule has 7 nitrogen and oxygen atoms in total. The molecular weight excluding hydrogens is 262 g/mol. The van der Waals surface area contributed by atoms with Crippen molar-refractivity contribution in [2.45, 2.75) is 26.3 Å². The van der Waals surface area contributed by atoms with E-state index in [9.17, 15) is 9.59 Å². The second-order valence-corrected chi connectivity index (χ2v) is 5.54. The summed E-state index contributed by atoms with van der Waals surface area (Å²) < 4.78 is 5.29. The smallest absolute Gasteiger partial charge is 0.412 e. The van der Waals surface area contributed by atoms with Gasteiger partial charge in [0, 0.05) is 11.7 Å². The van der Waals surface area contributed by atoms with E-state index in [0.717, 1.165) is 4.90 Å². The maximum Gasteiger partial charge on any atom is 0.412 e. The Labute approximate surface area is 116 Å². The lowest BCUT2D eigenvalue weighted by Gasteiger charge is -2.27. The van der Waals surface area contributed by atoms with Gasteiger partial charge in [0.2, 0.25) is 5.88 Å². The molecule has 0 unspecified atom stereocenters. The van der Waals surface area contributed by atoms with Crippen LogP contribution in [-0.2, 0) is 0 Å². The maximum absolute atomic E-state index is 12.1. The monoisotopic (exact) mass is 279 g/mol. The van der Waals surface area contributed by atoms with E-state index < -0.39 is 6.09 Å². The minimum Gasteiger partial charge on any atom is -0.474 e. The molecule has 0 atom stereocenters. The van der Waals surface area contributed by atoms with Gasteiger partial charge in [-0.1, -0.05) is 0 Å². The number of anilines is 1. The molecule has 0 fully saturated rings. The molecule has 2 N–H and O–H groups in total. The third-order valence-electron chi connectivity index (χ3n) is 2.66. The molecular formula is C13H17N3O4. The van der Waals surface area contributed by atoms with Gasteiger partial charge < -0.3 is 15.2 Å². The molecule has 0 radical (unpaired) electrons. The highest BCUT2D eigenvalue weighted by Crippen LogP contribution is 2.30. The van der Waals surface area contributed by atoms with E-state index in [-0.39, 0.29) is 30.5 Å². The third kappa shape index (κ3) is 2.98. The second-order valence-electron chi connectivity index (χ2n) is 5.54. The number of hydrogen-bond acceptors (Lipinski definition) is 4. The number of aromatic nitrogens is 1. The van der Waals surface area contributed by atoms with E-state index in [1.807, 2.05) is 20.8 Å². The number of carbonyl (C=O) groups excluding carboxylic acids is 1. The highest BCUT2D eigenvalue weighted by molar-refractivity contribution is 5.97. The van der Waals surface area contributed by atoms with Gasteiger partial charge in [0.25, 0.3) is 5.91 Å². The molecule has 0 aliphatic carbocycles. The van der Waals surface area contributed by atoms with Crippen molar-refractivity contribution >= 4 is 17.7 Å². The molecule has 0 bridgehead atoms. The molecule has 0 saturated heterocycles. The van der Waals surface area contributed by atoms with Gasteiger partial charge in [-0.15, -0.1) is 0 Å². The fourth-order valence-corrected chi connectivity index (χ4v) is 1.83. The number of nitrogens with zero attached hydrogens (tertiary/aromatic N) is 2. The van der Waals surface area contributed by atoms with Crippen molar-refractivity contribution in [3.63, 3.8) is 0 Å². The Kier molecular flexibility index (Phi) is 3.52. The zero-order chi connectivity index (χ0) is 14.9. The Morgan fingerprint density at radius 1 is 1.45 bits per heavy atom. The van der Waals surface area contributed by atoms with Crippen molar-refractivity contribution in [3.8, 4) is 5.88 Å². The van der Waals surface area contributed by atoms with E-state index >= 15 is 0 Å². The molecule has 0 aromatic carbocycles. The van der Waals surface area contributed by atoms with Crippen molar-refractivity contribution in [1.29, 1.82) is 0 Å². The van der Waals surface area contributed by atoms with Crippen molar-refractivity contribution in [1.82, 2.24) is 10.3 Å². The molecule has 1 aliphatic heterocycles. The highest BCUT2D eigenvalue weighted by Gasteiger charge is 2.26. The van der Waals surface area contributed by atoms with Gasteiger partial charge in [-0.05, 0) is 26.8 Å². The minimum atomic E-state index is -1.09. The van der Waals surface area contributed by atoms with Crippen molar-refractivity contribution < 1.29 is 19.4 Å². The van der Waals surface area contributed by atoms with Crippen LogP contribution in [0.1, 0.15) is 31.1 Å². The number of nitrogens with one attached hydrogen (secondary N) is 1. The summed E-state index contributed by atoms with van der Waals surface area (Å²) in [5.74, 6) is -0.0744. The van der Waals surface area contributed by atoms with E-state index in [2.05, 4.69) is 10.3 Å². The quantitative estimate of drug-likeness (QED) is 0.812. The van der Waals surface area contributed by atoms with Gasteiger partial charge in [-0.25, -0.2) is 9.78 Å². The first-order chi connectivity index (χ1) is 9.28. The van der Waals surface area contributed by atoms with Crippen LogP contribution in [-0.4, -0.2) is 40.8 Å². The number of hydrogen-bond donors (Lipinski definition) is 2. The summed E-state index contributed by atoms with van der Waals surface area (Å²) in [5, 5.41) is 11.9. The summed E-state index contributed by atoms with van der Waals surface area (Å²) in [4.78, 5) is 28.4. The summed E-state index contributed by atoms with van der Waals surface area (Å²) in [6.07, 6.45) is 0.287. The SMILES string of the molecule is CC(C)(C)NC(=O)c1cnc2c(c1)N(C(=O)O)CCO2. The first-order valence-corrected chi connectivity index (χ1v) is 6.24. The van der Waals surface area contributed by atoms with Gasteiger partial charge in [0.05, 0.1) is 12.1 Å². The normalized spacial score (nSPS) is 14.2. The lowest BCUT2D eigenvalue weighted by atomic mass is 10.1. The number of fused-ring (bicyclic) bond motifs is 1. The van der Waals surface area contributed by atoms with Crippen LogP contribution in [0.3, 0.4) is 0 Å². The molecule has 1 aromatic rings. The number of pyridine rings is 1. The fraction of sp³-hybridized carbons (Fsp3) is 0.462. The number of ether oxygens (including phenoxy) is 1. The first kappa shape index (κ1) is 14.1. The van der Waals surface area contributed by atoms with Crippen LogP contribution in [0.5, 0.6) is 5.88 Å². The number of carbonyl (C=O) groups is 2. The zero-order valence-corrected chi connectivity index (χ0v) is 11.6. The predicted octanol–water partition coefficient (Wildman–Crippen LogP) is 1.49. The topological polar surface area (TPSA) is 91.8 Å². The largest absolute Gasteiger partial charge is 0.474 e. The van der Waals surface area contributed by atoms with E-state index in [4.69, 9.17) is 9.84 Å². The molecule has 0 saturated carbocycles. The van der Waals surface area contributed by atoms with Crippen LogP contribution in [0.4, 0.5) is 10.5 Å². The Morgan fingerprint density at radius 2 is 2.15 bits per heavy atom. The molecule has 20 heavy (non-hydrogen) atoms. The van der Waals surface area contributed by atoms with E-state index in [0.29, 0.717) is 11.3 Å². The number of amides is 2. The van der Waals surface area contributed by atoms with Crippen LogP contribution in [0.25, 0.3) is 0 Å². The summed E-state index contributed by atoms with van der Waals surface area (Å²) >= 11 is 0. The maximum atomic E-state index is 12.1. The Morgan fingerprint density at radius 3 is 2.75 bits per heavy atom. The molecule has 2 heterocycles. The predicted molar refractivity (Wildman–Crippen MR) is 72.3 cm³/mol. The van der Waals surface area contributed by atoms with Crippen molar-refractivity contribution in [2.24, 2.45) is 0 Å². The average Bonchev–Trinajstić information content (AvgIpc) is 2.35. The van der Waals surface area contributed by atoms with Gasteiger partial charge in [0.15, 0.2) is 0 Å².